The molecule has 1 rings (SSSR count). The number of rotatable bonds is 4. The second-order valence-corrected chi connectivity index (χ2v) is 3.14. The fraction of sp³-hybridized carbons (Fsp3) is 0.600. The maximum Gasteiger partial charge on any atom is 0.168 e. The molecule has 0 bridgehead atoms. The van der Waals surface area contributed by atoms with Crippen molar-refractivity contribution in [2.75, 3.05) is 14.2 Å². The highest BCUT2D eigenvalue weighted by molar-refractivity contribution is 5.26. The molecule has 0 radical (unpaired) electrons. The van der Waals surface area contributed by atoms with Crippen molar-refractivity contribution in [3.63, 3.8) is 0 Å². The second-order valence-electron chi connectivity index (χ2n) is 3.14. The average Bonchev–Trinajstić information content (AvgIpc) is 2.57. The molecule has 0 fully saturated rings. The highest BCUT2D eigenvalue weighted by Gasteiger charge is 2.23. The first-order valence-corrected chi connectivity index (χ1v) is 4.16. The van der Waals surface area contributed by atoms with Crippen LogP contribution in [0.2, 0.25) is 0 Å². The standard InChI is InChI=1S/C10H16O2/c1-10(11-2,12-3)8-9-6-4-5-7-9/h4,6-7H,5,8H2,1-3H3. The van der Waals surface area contributed by atoms with Crippen molar-refractivity contribution < 1.29 is 9.47 Å². The topological polar surface area (TPSA) is 18.5 Å². The highest BCUT2D eigenvalue weighted by Crippen LogP contribution is 2.24. The van der Waals surface area contributed by atoms with Crippen LogP contribution in [0.1, 0.15) is 19.8 Å². The number of hydrogen-bond donors (Lipinski definition) is 0. The summed E-state index contributed by atoms with van der Waals surface area (Å²) in [6, 6.07) is 0. The maximum absolute atomic E-state index is 5.25. The van der Waals surface area contributed by atoms with Crippen molar-refractivity contribution in [3.8, 4) is 0 Å². The van der Waals surface area contributed by atoms with Crippen LogP contribution in [0, 0.1) is 0 Å². The van der Waals surface area contributed by atoms with Crippen LogP contribution >= 0.6 is 0 Å². The van der Waals surface area contributed by atoms with Gasteiger partial charge in [-0.3, -0.25) is 0 Å². The van der Waals surface area contributed by atoms with Crippen LogP contribution in [-0.2, 0) is 9.47 Å². The summed E-state index contributed by atoms with van der Waals surface area (Å²) in [5, 5.41) is 0. The van der Waals surface area contributed by atoms with Crippen LogP contribution in [0.5, 0.6) is 0 Å². The van der Waals surface area contributed by atoms with E-state index in [0.717, 1.165) is 12.8 Å². The molecule has 0 heterocycles. The first-order chi connectivity index (χ1) is 5.70. The van der Waals surface area contributed by atoms with E-state index in [1.165, 1.54) is 5.57 Å². The van der Waals surface area contributed by atoms with E-state index < -0.39 is 5.79 Å². The lowest BCUT2D eigenvalue weighted by Gasteiger charge is -2.26. The predicted octanol–water partition coefficient (Wildman–Crippen LogP) is 2.27. The van der Waals surface area contributed by atoms with E-state index in [1.54, 1.807) is 14.2 Å². The molecule has 1 aliphatic rings. The Bertz CT molecular complexity index is 200. The first-order valence-electron chi connectivity index (χ1n) is 4.16. The van der Waals surface area contributed by atoms with Crippen LogP contribution in [-0.4, -0.2) is 20.0 Å². The Kier molecular flexibility index (Phi) is 3.06. The van der Waals surface area contributed by atoms with Gasteiger partial charge >= 0.3 is 0 Å². The molecule has 0 aromatic carbocycles. The lowest BCUT2D eigenvalue weighted by atomic mass is 10.1. The van der Waals surface area contributed by atoms with Crippen molar-refractivity contribution in [3.05, 3.63) is 23.8 Å². The zero-order valence-corrected chi connectivity index (χ0v) is 7.96. The SMILES string of the molecule is COC(C)(CC1=CCC=C1)OC. The molecule has 0 spiro atoms. The normalized spacial score (nSPS) is 16.8. The molecule has 2 nitrogen and oxygen atoms in total. The molecule has 0 atom stereocenters. The number of ether oxygens (including phenoxy) is 2. The van der Waals surface area contributed by atoms with Crippen LogP contribution in [0.25, 0.3) is 0 Å². The first kappa shape index (κ1) is 9.49. The molecule has 1 aliphatic carbocycles. The van der Waals surface area contributed by atoms with Crippen molar-refractivity contribution in [1.82, 2.24) is 0 Å². The van der Waals surface area contributed by atoms with Gasteiger partial charge in [-0.05, 0) is 18.9 Å². The summed E-state index contributed by atoms with van der Waals surface area (Å²) in [6.45, 7) is 1.94. The van der Waals surface area contributed by atoms with Gasteiger partial charge in [-0.2, -0.15) is 0 Å². The highest BCUT2D eigenvalue weighted by atomic mass is 16.7. The van der Waals surface area contributed by atoms with E-state index in [2.05, 4.69) is 18.2 Å². The van der Waals surface area contributed by atoms with Gasteiger partial charge in [0.25, 0.3) is 0 Å². The summed E-state index contributed by atoms with van der Waals surface area (Å²) < 4.78 is 10.5. The molecule has 0 amide bonds. The molecular formula is C10H16O2. The van der Waals surface area contributed by atoms with E-state index >= 15 is 0 Å². The zero-order chi connectivity index (χ0) is 9.03. The smallest absolute Gasteiger partial charge is 0.168 e. The van der Waals surface area contributed by atoms with Crippen molar-refractivity contribution in [1.29, 1.82) is 0 Å². The van der Waals surface area contributed by atoms with Crippen molar-refractivity contribution in [2.45, 2.75) is 25.6 Å². The van der Waals surface area contributed by atoms with Crippen molar-refractivity contribution >= 4 is 0 Å². The summed E-state index contributed by atoms with van der Waals surface area (Å²) in [7, 11) is 3.34. The zero-order valence-electron chi connectivity index (χ0n) is 7.96. The van der Waals surface area contributed by atoms with Crippen LogP contribution < -0.4 is 0 Å². The van der Waals surface area contributed by atoms with Gasteiger partial charge in [0.15, 0.2) is 5.79 Å². The summed E-state index contributed by atoms with van der Waals surface area (Å²) in [5.41, 5.74) is 1.29. The third-order valence-corrected chi connectivity index (χ3v) is 2.24. The third-order valence-electron chi connectivity index (χ3n) is 2.24. The van der Waals surface area contributed by atoms with Gasteiger partial charge in [0.2, 0.25) is 0 Å². The van der Waals surface area contributed by atoms with E-state index in [-0.39, 0.29) is 0 Å². The van der Waals surface area contributed by atoms with E-state index in [1.807, 2.05) is 6.92 Å². The predicted molar refractivity (Wildman–Crippen MR) is 48.9 cm³/mol. The van der Waals surface area contributed by atoms with Gasteiger partial charge in [0.1, 0.15) is 0 Å². The summed E-state index contributed by atoms with van der Waals surface area (Å²) in [4.78, 5) is 0. The molecule has 68 valence electrons. The van der Waals surface area contributed by atoms with Crippen LogP contribution in [0.15, 0.2) is 23.8 Å². The summed E-state index contributed by atoms with van der Waals surface area (Å²) in [6.07, 6.45) is 8.31. The Balaban J connectivity index is 2.52. The monoisotopic (exact) mass is 168 g/mol. The fourth-order valence-electron chi connectivity index (χ4n) is 1.24. The molecule has 12 heavy (non-hydrogen) atoms. The Morgan fingerprint density at radius 1 is 1.42 bits per heavy atom. The number of methoxy groups -OCH3 is 2. The fourth-order valence-corrected chi connectivity index (χ4v) is 1.24. The Labute approximate surface area is 73.9 Å². The molecule has 2 heteroatoms. The largest absolute Gasteiger partial charge is 0.353 e. The van der Waals surface area contributed by atoms with Gasteiger partial charge in [-0.15, -0.1) is 0 Å². The molecule has 0 aromatic rings. The third kappa shape index (κ3) is 2.19. The Hall–Kier alpha value is -0.600. The molecule has 0 saturated carbocycles. The Morgan fingerprint density at radius 2 is 2.08 bits per heavy atom. The molecular weight excluding hydrogens is 152 g/mol. The minimum absolute atomic E-state index is 0.472. The molecule has 0 aliphatic heterocycles. The van der Waals surface area contributed by atoms with Crippen LogP contribution in [0.3, 0.4) is 0 Å². The van der Waals surface area contributed by atoms with E-state index in [4.69, 9.17) is 9.47 Å². The molecule has 0 unspecified atom stereocenters. The summed E-state index contributed by atoms with van der Waals surface area (Å²) in [5.74, 6) is -0.472. The van der Waals surface area contributed by atoms with Gasteiger partial charge < -0.3 is 9.47 Å². The minimum atomic E-state index is -0.472. The quantitative estimate of drug-likeness (QED) is 0.599. The lowest BCUT2D eigenvalue weighted by molar-refractivity contribution is -0.191. The molecule has 0 aromatic heterocycles. The molecule has 0 N–H and O–H groups in total. The van der Waals surface area contributed by atoms with Gasteiger partial charge in [-0.1, -0.05) is 18.2 Å². The number of hydrogen-bond acceptors (Lipinski definition) is 2. The van der Waals surface area contributed by atoms with E-state index in [0.29, 0.717) is 0 Å². The Morgan fingerprint density at radius 3 is 2.50 bits per heavy atom. The van der Waals surface area contributed by atoms with Gasteiger partial charge in [0, 0.05) is 20.6 Å². The summed E-state index contributed by atoms with van der Waals surface area (Å²) >= 11 is 0. The minimum Gasteiger partial charge on any atom is -0.353 e. The van der Waals surface area contributed by atoms with E-state index in [9.17, 15) is 0 Å². The van der Waals surface area contributed by atoms with Gasteiger partial charge in [0.05, 0.1) is 0 Å². The van der Waals surface area contributed by atoms with Crippen LogP contribution in [0.4, 0.5) is 0 Å². The molecule has 0 saturated heterocycles. The van der Waals surface area contributed by atoms with Crippen molar-refractivity contribution in [2.24, 2.45) is 0 Å². The second kappa shape index (κ2) is 3.87. The maximum atomic E-state index is 5.25. The number of allylic oxidation sites excluding steroid dienone is 3. The van der Waals surface area contributed by atoms with Gasteiger partial charge in [-0.25, -0.2) is 0 Å². The lowest BCUT2D eigenvalue weighted by Crippen LogP contribution is -2.29. The average molecular weight is 168 g/mol.